The largest absolute Gasteiger partial charge is 0.208 e. The first-order chi connectivity index (χ1) is 18.2. The average Bonchev–Trinajstić information content (AvgIpc) is 2.98. The van der Waals surface area contributed by atoms with E-state index in [1.165, 1.54) is 0 Å². The Morgan fingerprint density at radius 1 is 0.324 bits per heavy atom. The Balaban J connectivity index is 1.41. The molecule has 4 heteroatoms. The van der Waals surface area contributed by atoms with Crippen LogP contribution in [0.2, 0.25) is 5.02 Å². The van der Waals surface area contributed by atoms with E-state index >= 15 is 0 Å². The Bertz CT molecular complexity index is 1590. The summed E-state index contributed by atoms with van der Waals surface area (Å²) in [5.41, 5.74) is 7.40. The normalized spacial score (nSPS) is 10.8. The van der Waals surface area contributed by atoms with Gasteiger partial charge in [-0.25, -0.2) is 15.0 Å². The van der Waals surface area contributed by atoms with Crippen LogP contribution in [-0.4, -0.2) is 15.0 Å². The van der Waals surface area contributed by atoms with Crippen LogP contribution in [0.3, 0.4) is 0 Å². The maximum atomic E-state index is 6.12. The van der Waals surface area contributed by atoms with Gasteiger partial charge in [-0.05, 0) is 34.4 Å². The maximum absolute atomic E-state index is 6.12. The smallest absolute Gasteiger partial charge is 0.164 e. The van der Waals surface area contributed by atoms with Crippen LogP contribution in [0.4, 0.5) is 0 Å². The van der Waals surface area contributed by atoms with Crippen LogP contribution in [0, 0.1) is 0 Å². The minimum Gasteiger partial charge on any atom is -0.208 e. The van der Waals surface area contributed by atoms with Crippen molar-refractivity contribution in [3.8, 4) is 56.4 Å². The van der Waals surface area contributed by atoms with Gasteiger partial charge in [0, 0.05) is 21.7 Å². The Labute approximate surface area is 221 Å². The van der Waals surface area contributed by atoms with Gasteiger partial charge in [-0.3, -0.25) is 0 Å². The fraction of sp³-hybridized carbons (Fsp3) is 0. The number of hydrogen-bond donors (Lipinski definition) is 0. The molecule has 0 bridgehead atoms. The predicted octanol–water partition coefficient (Wildman–Crippen LogP) is 8.86. The Kier molecular flexibility index (Phi) is 6.28. The van der Waals surface area contributed by atoms with Gasteiger partial charge in [0.2, 0.25) is 0 Å². The van der Waals surface area contributed by atoms with E-state index in [-0.39, 0.29) is 0 Å². The highest BCUT2D eigenvalue weighted by Crippen LogP contribution is 2.34. The molecular weight excluding hydrogens is 474 g/mol. The molecule has 0 unspecified atom stereocenters. The molecule has 37 heavy (non-hydrogen) atoms. The van der Waals surface area contributed by atoms with E-state index in [9.17, 15) is 0 Å². The minimum atomic E-state index is 0.644. The molecule has 0 radical (unpaired) electrons. The van der Waals surface area contributed by atoms with Gasteiger partial charge in [-0.2, -0.15) is 0 Å². The van der Waals surface area contributed by atoms with Gasteiger partial charge in [0.25, 0.3) is 0 Å². The molecule has 176 valence electrons. The van der Waals surface area contributed by atoms with Crippen LogP contribution in [0.5, 0.6) is 0 Å². The monoisotopic (exact) mass is 495 g/mol. The van der Waals surface area contributed by atoms with Crippen molar-refractivity contribution in [2.24, 2.45) is 0 Å². The fourth-order valence-corrected chi connectivity index (χ4v) is 4.48. The Morgan fingerprint density at radius 2 is 0.649 bits per heavy atom. The standard InChI is InChI=1S/C33H22ClN3/c34-28-21-19-24(20-22-28)30-14-8-7-13-29(30)23-15-17-27(18-16-23)33-36-31(25-9-3-1-4-10-25)35-32(37-33)26-11-5-2-6-12-26/h1-22H. The first-order valence-corrected chi connectivity index (χ1v) is 12.5. The van der Waals surface area contributed by atoms with Crippen molar-refractivity contribution in [2.75, 3.05) is 0 Å². The summed E-state index contributed by atoms with van der Waals surface area (Å²) in [6.45, 7) is 0. The lowest BCUT2D eigenvalue weighted by Gasteiger charge is -2.12. The number of benzene rings is 5. The summed E-state index contributed by atoms with van der Waals surface area (Å²) in [5.74, 6) is 1.95. The van der Waals surface area contributed by atoms with Crippen LogP contribution in [0.25, 0.3) is 56.4 Å². The van der Waals surface area contributed by atoms with Gasteiger partial charge < -0.3 is 0 Å². The fourth-order valence-electron chi connectivity index (χ4n) is 4.35. The molecule has 0 N–H and O–H groups in total. The van der Waals surface area contributed by atoms with Crippen molar-refractivity contribution >= 4 is 11.6 Å². The molecule has 0 amide bonds. The highest BCUT2D eigenvalue weighted by atomic mass is 35.5. The first kappa shape index (κ1) is 22.8. The van der Waals surface area contributed by atoms with Crippen LogP contribution >= 0.6 is 11.6 Å². The third-order valence-corrected chi connectivity index (χ3v) is 6.49. The number of rotatable bonds is 5. The summed E-state index contributed by atoms with van der Waals surface area (Å²) in [4.78, 5) is 14.5. The second-order valence-corrected chi connectivity index (χ2v) is 9.10. The lowest BCUT2D eigenvalue weighted by molar-refractivity contribution is 1.07. The van der Waals surface area contributed by atoms with Gasteiger partial charge in [0.15, 0.2) is 17.5 Å². The van der Waals surface area contributed by atoms with Crippen molar-refractivity contribution in [1.29, 1.82) is 0 Å². The van der Waals surface area contributed by atoms with Crippen molar-refractivity contribution in [2.45, 2.75) is 0 Å². The molecule has 1 aromatic heterocycles. The number of nitrogens with zero attached hydrogens (tertiary/aromatic N) is 3. The number of hydrogen-bond acceptors (Lipinski definition) is 3. The highest BCUT2D eigenvalue weighted by molar-refractivity contribution is 6.30. The molecular formula is C33H22ClN3. The quantitative estimate of drug-likeness (QED) is 0.240. The van der Waals surface area contributed by atoms with E-state index in [0.29, 0.717) is 17.5 Å². The van der Waals surface area contributed by atoms with Crippen molar-refractivity contribution in [3.05, 3.63) is 138 Å². The molecule has 0 aliphatic carbocycles. The van der Waals surface area contributed by atoms with E-state index in [0.717, 1.165) is 44.0 Å². The van der Waals surface area contributed by atoms with Crippen LogP contribution in [0.15, 0.2) is 133 Å². The number of halogens is 1. The van der Waals surface area contributed by atoms with Gasteiger partial charge in [-0.1, -0.05) is 133 Å². The molecule has 6 aromatic rings. The van der Waals surface area contributed by atoms with E-state index in [1.54, 1.807) is 0 Å². The summed E-state index contributed by atoms with van der Waals surface area (Å²) < 4.78 is 0. The van der Waals surface area contributed by atoms with Gasteiger partial charge >= 0.3 is 0 Å². The topological polar surface area (TPSA) is 38.7 Å². The lowest BCUT2D eigenvalue weighted by Crippen LogP contribution is -2.00. The zero-order valence-electron chi connectivity index (χ0n) is 19.9. The summed E-state index contributed by atoms with van der Waals surface area (Å²) >= 11 is 6.12. The molecule has 0 atom stereocenters. The third kappa shape index (κ3) is 4.90. The summed E-state index contributed by atoms with van der Waals surface area (Å²) in [5, 5.41) is 0.729. The van der Waals surface area contributed by atoms with Gasteiger partial charge in [0.1, 0.15) is 0 Å². The maximum Gasteiger partial charge on any atom is 0.164 e. The van der Waals surface area contributed by atoms with Crippen LogP contribution in [0.1, 0.15) is 0 Å². The molecule has 0 fully saturated rings. The Hall–Kier alpha value is -4.60. The van der Waals surface area contributed by atoms with Gasteiger partial charge in [-0.15, -0.1) is 0 Å². The molecule has 0 spiro atoms. The summed E-state index contributed by atoms with van der Waals surface area (Å²) in [6, 6.07) is 44.8. The SMILES string of the molecule is Clc1ccc(-c2ccccc2-c2ccc(-c3nc(-c4ccccc4)nc(-c4ccccc4)n3)cc2)cc1. The molecule has 0 saturated heterocycles. The van der Waals surface area contributed by atoms with Crippen molar-refractivity contribution in [1.82, 2.24) is 15.0 Å². The molecule has 1 heterocycles. The summed E-state index contributed by atoms with van der Waals surface area (Å²) in [6.07, 6.45) is 0. The second kappa shape index (κ2) is 10.2. The highest BCUT2D eigenvalue weighted by Gasteiger charge is 2.13. The van der Waals surface area contributed by atoms with Crippen LogP contribution in [-0.2, 0) is 0 Å². The van der Waals surface area contributed by atoms with Crippen molar-refractivity contribution < 1.29 is 0 Å². The van der Waals surface area contributed by atoms with E-state index in [2.05, 4.69) is 60.7 Å². The minimum absolute atomic E-state index is 0.644. The lowest BCUT2D eigenvalue weighted by atomic mass is 9.94. The van der Waals surface area contributed by atoms with E-state index in [1.807, 2.05) is 72.8 Å². The molecule has 5 aromatic carbocycles. The number of aromatic nitrogens is 3. The first-order valence-electron chi connectivity index (χ1n) is 12.1. The molecule has 0 saturated carbocycles. The van der Waals surface area contributed by atoms with Crippen LogP contribution < -0.4 is 0 Å². The van der Waals surface area contributed by atoms with Gasteiger partial charge in [0.05, 0.1) is 0 Å². The molecule has 3 nitrogen and oxygen atoms in total. The third-order valence-electron chi connectivity index (χ3n) is 6.24. The summed E-state index contributed by atoms with van der Waals surface area (Å²) in [7, 11) is 0. The van der Waals surface area contributed by atoms with E-state index < -0.39 is 0 Å². The average molecular weight is 496 g/mol. The predicted molar refractivity (Wildman–Crippen MR) is 152 cm³/mol. The molecule has 6 rings (SSSR count). The molecule has 0 aliphatic heterocycles. The van der Waals surface area contributed by atoms with Crippen molar-refractivity contribution in [3.63, 3.8) is 0 Å². The Morgan fingerprint density at radius 3 is 1.08 bits per heavy atom. The second-order valence-electron chi connectivity index (χ2n) is 8.67. The molecule has 0 aliphatic rings. The zero-order chi connectivity index (χ0) is 25.0. The van der Waals surface area contributed by atoms with E-state index in [4.69, 9.17) is 26.6 Å². The zero-order valence-corrected chi connectivity index (χ0v) is 20.7.